The van der Waals surface area contributed by atoms with Gasteiger partial charge in [-0.3, -0.25) is 9.59 Å². The summed E-state index contributed by atoms with van der Waals surface area (Å²) in [6, 6.07) is 12.6. The Labute approximate surface area is 167 Å². The minimum atomic E-state index is -1.33. The minimum Gasteiger partial charge on any atom is -0.497 e. The number of nitrogens with one attached hydrogen (secondary N) is 2. The number of hydrogen-bond acceptors (Lipinski definition) is 4. The van der Waals surface area contributed by atoms with Gasteiger partial charge in [0.05, 0.1) is 13.7 Å². The number of amides is 1. The Hall–Kier alpha value is -3.19. The molecule has 2 aromatic carbocycles. The van der Waals surface area contributed by atoms with E-state index < -0.39 is 11.4 Å². The Morgan fingerprint density at radius 1 is 1.21 bits per heavy atom. The molecule has 0 aliphatic heterocycles. The van der Waals surface area contributed by atoms with Crippen LogP contribution in [0.25, 0.3) is 10.9 Å². The first-order valence-electron chi connectivity index (χ1n) is 9.23. The molecule has 1 unspecified atom stereocenters. The molecule has 29 heavy (non-hydrogen) atoms. The summed E-state index contributed by atoms with van der Waals surface area (Å²) < 4.78 is 18.2. The number of carbonyl (C=O) groups is 1. The van der Waals surface area contributed by atoms with Gasteiger partial charge >= 0.3 is 0 Å². The fourth-order valence-corrected chi connectivity index (χ4v) is 3.06. The maximum absolute atomic E-state index is 13.0. The average Bonchev–Trinajstić information content (AvgIpc) is 2.70. The summed E-state index contributed by atoms with van der Waals surface area (Å²) in [7, 11) is 1.57. The largest absolute Gasteiger partial charge is 0.497 e. The maximum Gasteiger partial charge on any atom is 0.251 e. The molecule has 3 N–H and O–H groups in total. The second kappa shape index (κ2) is 8.45. The Bertz CT molecular complexity index is 1070. The number of halogens is 1. The van der Waals surface area contributed by atoms with E-state index in [2.05, 4.69) is 10.3 Å². The van der Waals surface area contributed by atoms with E-state index in [1.807, 2.05) is 6.07 Å². The van der Waals surface area contributed by atoms with E-state index in [-0.39, 0.29) is 30.9 Å². The minimum absolute atomic E-state index is 0.0251. The Balaban J connectivity index is 1.62. The number of aryl methyl sites for hydroxylation is 1. The zero-order valence-corrected chi connectivity index (χ0v) is 16.3. The van der Waals surface area contributed by atoms with Gasteiger partial charge in [0.2, 0.25) is 5.91 Å². The van der Waals surface area contributed by atoms with Crippen molar-refractivity contribution in [1.29, 1.82) is 0 Å². The highest BCUT2D eigenvalue weighted by Gasteiger charge is 2.23. The molecule has 1 aromatic heterocycles. The molecule has 0 saturated heterocycles. The monoisotopic (exact) mass is 398 g/mol. The lowest BCUT2D eigenvalue weighted by molar-refractivity contribution is -0.122. The van der Waals surface area contributed by atoms with E-state index in [1.54, 1.807) is 32.2 Å². The molecule has 1 amide bonds. The predicted molar refractivity (Wildman–Crippen MR) is 108 cm³/mol. The molecule has 152 valence electrons. The summed E-state index contributed by atoms with van der Waals surface area (Å²) >= 11 is 0. The van der Waals surface area contributed by atoms with Gasteiger partial charge in [-0.25, -0.2) is 4.39 Å². The fourth-order valence-electron chi connectivity index (χ4n) is 3.06. The third-order valence-corrected chi connectivity index (χ3v) is 4.85. The third-order valence-electron chi connectivity index (χ3n) is 4.85. The summed E-state index contributed by atoms with van der Waals surface area (Å²) in [5.74, 6) is -0.0133. The summed E-state index contributed by atoms with van der Waals surface area (Å²) in [6.07, 6.45) is 0.352. The van der Waals surface area contributed by atoms with Crippen molar-refractivity contribution >= 4 is 16.8 Å². The Morgan fingerprint density at radius 3 is 2.62 bits per heavy atom. The Morgan fingerprint density at radius 2 is 1.93 bits per heavy atom. The highest BCUT2D eigenvalue weighted by molar-refractivity contribution is 5.81. The molecular weight excluding hydrogens is 375 g/mol. The normalized spacial score (nSPS) is 13.1. The van der Waals surface area contributed by atoms with Crippen LogP contribution in [0.2, 0.25) is 0 Å². The zero-order valence-electron chi connectivity index (χ0n) is 16.3. The molecule has 1 heterocycles. The lowest BCUT2D eigenvalue weighted by atomic mass is 9.96. The predicted octanol–water partition coefficient (Wildman–Crippen LogP) is 2.63. The summed E-state index contributed by atoms with van der Waals surface area (Å²) in [4.78, 5) is 27.3. The molecular formula is C22H23FN2O4. The number of benzene rings is 2. The second-order valence-electron chi connectivity index (χ2n) is 7.13. The second-order valence-corrected chi connectivity index (χ2v) is 7.13. The number of ether oxygens (including phenoxy) is 1. The third kappa shape index (κ3) is 5.00. The number of H-pyrrole nitrogens is 1. The van der Waals surface area contributed by atoms with Crippen LogP contribution in [0.3, 0.4) is 0 Å². The molecule has 0 aliphatic rings. The van der Waals surface area contributed by atoms with E-state index in [9.17, 15) is 19.1 Å². The van der Waals surface area contributed by atoms with Crippen LogP contribution in [-0.4, -0.2) is 29.7 Å². The van der Waals surface area contributed by atoms with Crippen LogP contribution in [-0.2, 0) is 16.8 Å². The first-order chi connectivity index (χ1) is 13.8. The van der Waals surface area contributed by atoms with Gasteiger partial charge in [-0.05, 0) is 55.3 Å². The van der Waals surface area contributed by atoms with Crippen molar-refractivity contribution in [2.75, 3.05) is 13.7 Å². The standard InChI is InChI=1S/C22H23FN2O4/c1-22(28,16-4-6-17(23)7-5-16)13-24-20(26)10-3-14-11-15-12-18(29-2)8-9-19(15)25-21(14)27/h4-9,11-12,28H,3,10,13H2,1-2H3,(H,24,26)(H,25,27). The van der Waals surface area contributed by atoms with Crippen LogP contribution < -0.4 is 15.6 Å². The number of aromatic nitrogens is 1. The van der Waals surface area contributed by atoms with Gasteiger partial charge in [-0.15, -0.1) is 0 Å². The van der Waals surface area contributed by atoms with Crippen LogP contribution in [0.15, 0.2) is 53.3 Å². The highest BCUT2D eigenvalue weighted by atomic mass is 19.1. The number of hydrogen-bond donors (Lipinski definition) is 3. The number of pyridine rings is 1. The quantitative estimate of drug-likeness (QED) is 0.571. The molecule has 0 saturated carbocycles. The number of methoxy groups -OCH3 is 1. The van der Waals surface area contributed by atoms with Crippen LogP contribution in [0, 0.1) is 5.82 Å². The van der Waals surface area contributed by atoms with Gasteiger partial charge in [0.15, 0.2) is 0 Å². The number of rotatable bonds is 7. The first kappa shape index (κ1) is 20.5. The van der Waals surface area contributed by atoms with Gasteiger partial charge in [0.25, 0.3) is 5.56 Å². The van der Waals surface area contributed by atoms with E-state index in [0.717, 1.165) is 5.39 Å². The van der Waals surface area contributed by atoms with Crippen molar-refractivity contribution in [3.8, 4) is 5.75 Å². The average molecular weight is 398 g/mol. The molecule has 3 aromatic rings. The van der Waals surface area contributed by atoms with Crippen LogP contribution in [0.1, 0.15) is 24.5 Å². The fraction of sp³-hybridized carbons (Fsp3) is 0.273. The van der Waals surface area contributed by atoms with Crippen molar-refractivity contribution in [3.63, 3.8) is 0 Å². The molecule has 6 nitrogen and oxygen atoms in total. The lowest BCUT2D eigenvalue weighted by Gasteiger charge is -2.24. The Kier molecular flexibility index (Phi) is 5.98. The molecule has 0 radical (unpaired) electrons. The zero-order chi connectivity index (χ0) is 21.0. The molecule has 0 aliphatic carbocycles. The van der Waals surface area contributed by atoms with Crippen molar-refractivity contribution in [3.05, 3.63) is 75.8 Å². The van der Waals surface area contributed by atoms with Crippen LogP contribution in [0.4, 0.5) is 4.39 Å². The van der Waals surface area contributed by atoms with Crippen molar-refractivity contribution in [2.24, 2.45) is 0 Å². The van der Waals surface area contributed by atoms with Crippen molar-refractivity contribution in [1.82, 2.24) is 10.3 Å². The van der Waals surface area contributed by atoms with Crippen molar-refractivity contribution in [2.45, 2.75) is 25.4 Å². The van der Waals surface area contributed by atoms with Crippen LogP contribution in [0.5, 0.6) is 5.75 Å². The highest BCUT2D eigenvalue weighted by Crippen LogP contribution is 2.21. The van der Waals surface area contributed by atoms with Gasteiger partial charge in [0, 0.05) is 22.9 Å². The van der Waals surface area contributed by atoms with Gasteiger partial charge in [0.1, 0.15) is 17.2 Å². The van der Waals surface area contributed by atoms with E-state index in [1.165, 1.54) is 24.3 Å². The number of aliphatic hydroxyl groups is 1. The SMILES string of the molecule is COc1ccc2[nH]c(=O)c(CCC(=O)NCC(C)(O)c3ccc(F)cc3)cc2c1. The van der Waals surface area contributed by atoms with Crippen molar-refractivity contribution < 1.29 is 19.0 Å². The number of fused-ring (bicyclic) bond motifs is 1. The van der Waals surface area contributed by atoms with Gasteiger partial charge in [-0.2, -0.15) is 0 Å². The topological polar surface area (TPSA) is 91.4 Å². The molecule has 0 bridgehead atoms. The molecule has 1 atom stereocenters. The van der Waals surface area contributed by atoms with E-state index in [4.69, 9.17) is 4.74 Å². The number of carbonyl (C=O) groups excluding carboxylic acids is 1. The maximum atomic E-state index is 13.0. The smallest absolute Gasteiger partial charge is 0.251 e. The summed E-state index contributed by atoms with van der Waals surface area (Å²) in [5.41, 5.74) is 0.110. The summed E-state index contributed by atoms with van der Waals surface area (Å²) in [6.45, 7) is 1.52. The molecule has 3 rings (SSSR count). The van der Waals surface area contributed by atoms with Gasteiger partial charge < -0.3 is 20.1 Å². The number of aromatic amines is 1. The van der Waals surface area contributed by atoms with Crippen LogP contribution >= 0.6 is 0 Å². The molecule has 0 fully saturated rings. The van der Waals surface area contributed by atoms with E-state index >= 15 is 0 Å². The molecule has 7 heteroatoms. The molecule has 0 spiro atoms. The van der Waals surface area contributed by atoms with E-state index in [0.29, 0.717) is 22.4 Å². The lowest BCUT2D eigenvalue weighted by Crippen LogP contribution is -2.38. The summed E-state index contributed by atoms with van der Waals surface area (Å²) in [5, 5.41) is 14.0. The first-order valence-corrected chi connectivity index (χ1v) is 9.23. The van der Waals surface area contributed by atoms with Gasteiger partial charge in [-0.1, -0.05) is 12.1 Å².